The molecule has 1 aliphatic heterocycles. The van der Waals surface area contributed by atoms with E-state index in [9.17, 15) is 14.7 Å². The second kappa shape index (κ2) is 8.25. The van der Waals surface area contributed by atoms with E-state index in [1.807, 2.05) is 6.92 Å². The van der Waals surface area contributed by atoms with E-state index in [4.69, 9.17) is 0 Å². The van der Waals surface area contributed by atoms with Crippen molar-refractivity contribution in [2.45, 2.75) is 65.0 Å². The topological polar surface area (TPSA) is 69.6 Å². The summed E-state index contributed by atoms with van der Waals surface area (Å²) in [4.78, 5) is 24.9. The zero-order valence-corrected chi connectivity index (χ0v) is 12.9. The summed E-state index contributed by atoms with van der Waals surface area (Å²) >= 11 is 0. The minimum Gasteiger partial charge on any atom is -0.480 e. The molecular weight excluding hydrogens is 256 g/mol. The molecule has 1 rings (SSSR count). The average Bonchev–Trinajstić information content (AvgIpc) is 2.36. The van der Waals surface area contributed by atoms with Gasteiger partial charge in [-0.25, -0.2) is 0 Å². The van der Waals surface area contributed by atoms with Crippen molar-refractivity contribution in [2.75, 3.05) is 13.1 Å². The predicted molar refractivity (Wildman–Crippen MR) is 78.5 cm³/mol. The van der Waals surface area contributed by atoms with E-state index in [2.05, 4.69) is 19.2 Å². The first kappa shape index (κ1) is 17.0. The molecule has 5 nitrogen and oxygen atoms in total. The van der Waals surface area contributed by atoms with Crippen LogP contribution in [0.5, 0.6) is 0 Å². The number of carbonyl (C=O) groups excluding carboxylic acids is 1. The van der Waals surface area contributed by atoms with Crippen LogP contribution in [0.15, 0.2) is 0 Å². The van der Waals surface area contributed by atoms with Gasteiger partial charge in [0.1, 0.15) is 6.04 Å². The predicted octanol–water partition coefficient (Wildman–Crippen LogP) is 1.87. The largest absolute Gasteiger partial charge is 0.480 e. The van der Waals surface area contributed by atoms with Gasteiger partial charge in [-0.2, -0.15) is 0 Å². The van der Waals surface area contributed by atoms with E-state index in [0.717, 1.165) is 25.7 Å². The first-order chi connectivity index (χ1) is 9.40. The van der Waals surface area contributed by atoms with Crippen LogP contribution in [0.2, 0.25) is 0 Å². The third kappa shape index (κ3) is 5.90. The van der Waals surface area contributed by atoms with Crippen molar-refractivity contribution in [3.63, 3.8) is 0 Å². The minimum atomic E-state index is -0.814. The fraction of sp³-hybridized carbons (Fsp3) is 0.867. The molecule has 1 saturated heterocycles. The Hall–Kier alpha value is -1.10. The summed E-state index contributed by atoms with van der Waals surface area (Å²) in [6, 6.07) is -0.349. The number of rotatable bonds is 7. The van der Waals surface area contributed by atoms with Crippen LogP contribution in [0, 0.1) is 5.92 Å². The van der Waals surface area contributed by atoms with Crippen molar-refractivity contribution in [2.24, 2.45) is 5.92 Å². The van der Waals surface area contributed by atoms with Gasteiger partial charge in [-0.05, 0) is 45.1 Å². The summed E-state index contributed by atoms with van der Waals surface area (Å²) in [6.45, 7) is 7.23. The van der Waals surface area contributed by atoms with Crippen LogP contribution in [0.25, 0.3) is 0 Å². The summed E-state index contributed by atoms with van der Waals surface area (Å²) < 4.78 is 0. The first-order valence-electron chi connectivity index (χ1n) is 7.66. The summed E-state index contributed by atoms with van der Waals surface area (Å²) in [5, 5.41) is 12.1. The third-order valence-electron chi connectivity index (χ3n) is 3.83. The van der Waals surface area contributed by atoms with E-state index >= 15 is 0 Å². The summed E-state index contributed by atoms with van der Waals surface area (Å²) in [5.74, 6) is -0.243. The van der Waals surface area contributed by atoms with E-state index in [0.29, 0.717) is 18.9 Å². The Morgan fingerprint density at radius 2 is 1.95 bits per heavy atom. The number of likely N-dealkylation sites (tertiary alicyclic amines) is 1. The number of aliphatic carboxylic acids is 1. The van der Waals surface area contributed by atoms with Gasteiger partial charge >= 0.3 is 5.97 Å². The Bertz CT molecular complexity index is 331. The van der Waals surface area contributed by atoms with Gasteiger partial charge in [0.2, 0.25) is 5.91 Å². The lowest BCUT2D eigenvalue weighted by molar-refractivity contribution is -0.145. The lowest BCUT2D eigenvalue weighted by Crippen LogP contribution is -2.50. The number of carboxylic acids is 1. The molecule has 1 amide bonds. The monoisotopic (exact) mass is 284 g/mol. The molecule has 0 saturated carbocycles. The van der Waals surface area contributed by atoms with Crippen LogP contribution < -0.4 is 5.32 Å². The van der Waals surface area contributed by atoms with E-state index in [1.165, 1.54) is 0 Å². The summed E-state index contributed by atoms with van der Waals surface area (Å²) in [5.41, 5.74) is 0. The molecule has 0 aromatic carbocycles. The van der Waals surface area contributed by atoms with Crippen LogP contribution in [0.4, 0.5) is 0 Å². The number of amides is 1. The van der Waals surface area contributed by atoms with Gasteiger partial charge in [-0.3, -0.25) is 14.5 Å². The van der Waals surface area contributed by atoms with Crippen molar-refractivity contribution in [3.8, 4) is 0 Å². The van der Waals surface area contributed by atoms with Crippen molar-refractivity contribution >= 4 is 11.9 Å². The van der Waals surface area contributed by atoms with Crippen LogP contribution in [-0.2, 0) is 9.59 Å². The minimum absolute atomic E-state index is 0.0607. The highest BCUT2D eigenvalue weighted by molar-refractivity contribution is 5.80. The fourth-order valence-electron chi connectivity index (χ4n) is 2.62. The molecule has 116 valence electrons. The normalized spacial score (nSPS) is 21.7. The zero-order valence-electron chi connectivity index (χ0n) is 12.9. The summed E-state index contributed by atoms with van der Waals surface area (Å²) in [7, 11) is 0. The second-order valence-electron chi connectivity index (χ2n) is 6.26. The molecule has 0 radical (unpaired) electrons. The molecule has 1 heterocycles. The second-order valence-corrected chi connectivity index (χ2v) is 6.26. The van der Waals surface area contributed by atoms with Crippen LogP contribution in [0.3, 0.4) is 0 Å². The number of nitrogens with one attached hydrogen (secondary N) is 1. The molecule has 1 fully saturated rings. The maximum Gasteiger partial charge on any atom is 0.320 e. The molecule has 20 heavy (non-hydrogen) atoms. The van der Waals surface area contributed by atoms with Gasteiger partial charge in [0, 0.05) is 6.04 Å². The van der Waals surface area contributed by atoms with Gasteiger partial charge < -0.3 is 10.4 Å². The molecule has 2 unspecified atom stereocenters. The Morgan fingerprint density at radius 1 is 1.25 bits per heavy atom. The Balaban J connectivity index is 2.38. The van der Waals surface area contributed by atoms with Crippen LogP contribution in [0.1, 0.15) is 52.9 Å². The van der Waals surface area contributed by atoms with Crippen LogP contribution in [-0.4, -0.2) is 47.1 Å². The smallest absolute Gasteiger partial charge is 0.320 e. The molecule has 1 aliphatic rings. The van der Waals surface area contributed by atoms with E-state index in [1.54, 1.807) is 4.90 Å². The Kier molecular flexibility index (Phi) is 6.99. The third-order valence-corrected chi connectivity index (χ3v) is 3.83. The number of nitrogens with zero attached hydrogens (tertiary/aromatic N) is 1. The molecule has 0 spiro atoms. The van der Waals surface area contributed by atoms with Gasteiger partial charge in [0.05, 0.1) is 6.54 Å². The quantitative estimate of drug-likeness (QED) is 0.749. The SMILES string of the molecule is CC(C)CCC(C)NC(=O)CN1CCCCC1C(=O)O. The van der Waals surface area contributed by atoms with Crippen molar-refractivity contribution in [1.82, 2.24) is 10.2 Å². The highest BCUT2D eigenvalue weighted by Crippen LogP contribution is 2.16. The zero-order chi connectivity index (χ0) is 15.1. The number of carbonyl (C=O) groups is 2. The lowest BCUT2D eigenvalue weighted by atomic mass is 10.0. The van der Waals surface area contributed by atoms with Crippen LogP contribution >= 0.6 is 0 Å². The fourth-order valence-corrected chi connectivity index (χ4v) is 2.62. The maximum absolute atomic E-state index is 12.0. The average molecular weight is 284 g/mol. The number of hydrogen-bond acceptors (Lipinski definition) is 3. The van der Waals surface area contributed by atoms with E-state index < -0.39 is 12.0 Å². The molecule has 0 aliphatic carbocycles. The molecule has 5 heteroatoms. The van der Waals surface area contributed by atoms with Gasteiger partial charge in [0.15, 0.2) is 0 Å². The van der Waals surface area contributed by atoms with Gasteiger partial charge in [-0.15, -0.1) is 0 Å². The van der Waals surface area contributed by atoms with Crippen molar-refractivity contribution in [1.29, 1.82) is 0 Å². The highest BCUT2D eigenvalue weighted by Gasteiger charge is 2.29. The lowest BCUT2D eigenvalue weighted by Gasteiger charge is -2.32. The number of hydrogen-bond donors (Lipinski definition) is 2. The number of piperidine rings is 1. The van der Waals surface area contributed by atoms with Crippen molar-refractivity contribution in [3.05, 3.63) is 0 Å². The molecule has 0 aromatic heterocycles. The van der Waals surface area contributed by atoms with Crippen molar-refractivity contribution < 1.29 is 14.7 Å². The maximum atomic E-state index is 12.0. The molecule has 2 N–H and O–H groups in total. The van der Waals surface area contributed by atoms with Gasteiger partial charge in [-0.1, -0.05) is 20.3 Å². The molecule has 0 aromatic rings. The standard InChI is InChI=1S/C15H28N2O3/c1-11(2)7-8-12(3)16-14(18)10-17-9-5-4-6-13(17)15(19)20/h11-13H,4-10H2,1-3H3,(H,16,18)(H,19,20). The first-order valence-corrected chi connectivity index (χ1v) is 7.66. The number of carboxylic acid groups (broad SMARTS) is 1. The molecular formula is C15H28N2O3. The Labute approximate surface area is 121 Å². The highest BCUT2D eigenvalue weighted by atomic mass is 16.4. The Morgan fingerprint density at radius 3 is 2.55 bits per heavy atom. The van der Waals surface area contributed by atoms with E-state index in [-0.39, 0.29) is 18.5 Å². The molecule has 2 atom stereocenters. The van der Waals surface area contributed by atoms with Gasteiger partial charge in [0.25, 0.3) is 0 Å². The summed E-state index contributed by atoms with van der Waals surface area (Å²) in [6.07, 6.45) is 4.60. The molecule has 0 bridgehead atoms.